The van der Waals surface area contributed by atoms with E-state index in [0.717, 1.165) is 22.6 Å². The number of methoxy groups -OCH3 is 1. The summed E-state index contributed by atoms with van der Waals surface area (Å²) in [5.74, 6) is 0.499. The first-order chi connectivity index (χ1) is 12.5. The Hall–Kier alpha value is -2.86. The van der Waals surface area contributed by atoms with Crippen molar-refractivity contribution in [2.24, 2.45) is 0 Å². The molecule has 1 heterocycles. The number of aromatic nitrogens is 3. The van der Waals surface area contributed by atoms with Crippen LogP contribution in [0.15, 0.2) is 42.5 Å². The SMILES string of the molecule is COc1ccc(CNC(=O)c2nnn(-c3ccc(C)c(Cl)c3)c2C)cc1. The minimum atomic E-state index is -0.275. The van der Waals surface area contributed by atoms with E-state index in [4.69, 9.17) is 16.3 Å². The van der Waals surface area contributed by atoms with Crippen molar-refractivity contribution in [3.63, 3.8) is 0 Å². The summed E-state index contributed by atoms with van der Waals surface area (Å²) in [5, 5.41) is 11.6. The highest BCUT2D eigenvalue weighted by Crippen LogP contribution is 2.20. The van der Waals surface area contributed by atoms with Gasteiger partial charge in [-0.1, -0.05) is 35.0 Å². The van der Waals surface area contributed by atoms with Gasteiger partial charge in [0.15, 0.2) is 5.69 Å². The number of carbonyl (C=O) groups is 1. The summed E-state index contributed by atoms with van der Waals surface area (Å²) in [5.41, 5.74) is 3.65. The molecular formula is C19H19ClN4O2. The molecule has 0 aliphatic heterocycles. The Balaban J connectivity index is 1.73. The Morgan fingerprint density at radius 2 is 1.92 bits per heavy atom. The number of halogens is 1. The fraction of sp³-hybridized carbons (Fsp3) is 0.211. The monoisotopic (exact) mass is 370 g/mol. The van der Waals surface area contributed by atoms with Gasteiger partial charge in [-0.25, -0.2) is 4.68 Å². The minimum Gasteiger partial charge on any atom is -0.497 e. The van der Waals surface area contributed by atoms with Crippen LogP contribution in [0.5, 0.6) is 5.75 Å². The summed E-state index contributed by atoms with van der Waals surface area (Å²) in [7, 11) is 1.62. The number of benzene rings is 2. The van der Waals surface area contributed by atoms with Crippen molar-refractivity contribution in [2.75, 3.05) is 7.11 Å². The predicted molar refractivity (Wildman–Crippen MR) is 100 cm³/mol. The number of rotatable bonds is 5. The summed E-state index contributed by atoms with van der Waals surface area (Å²) in [4.78, 5) is 12.4. The van der Waals surface area contributed by atoms with E-state index in [1.807, 2.05) is 43.3 Å². The van der Waals surface area contributed by atoms with Gasteiger partial charge in [0, 0.05) is 11.6 Å². The van der Waals surface area contributed by atoms with Crippen molar-refractivity contribution in [3.8, 4) is 11.4 Å². The molecule has 0 saturated carbocycles. The molecule has 0 unspecified atom stereocenters. The third-order valence-corrected chi connectivity index (χ3v) is 4.53. The van der Waals surface area contributed by atoms with E-state index in [1.54, 1.807) is 24.8 Å². The number of aryl methyl sites for hydroxylation is 1. The number of nitrogens with zero attached hydrogens (tertiary/aromatic N) is 3. The van der Waals surface area contributed by atoms with Gasteiger partial charge in [0.2, 0.25) is 0 Å². The van der Waals surface area contributed by atoms with Crippen LogP contribution in [0.25, 0.3) is 5.69 Å². The zero-order chi connectivity index (χ0) is 18.7. The van der Waals surface area contributed by atoms with E-state index < -0.39 is 0 Å². The van der Waals surface area contributed by atoms with Crippen molar-refractivity contribution in [3.05, 3.63) is 70.0 Å². The number of hydrogen-bond donors (Lipinski definition) is 1. The molecule has 6 nitrogen and oxygen atoms in total. The zero-order valence-corrected chi connectivity index (χ0v) is 15.5. The maximum absolute atomic E-state index is 12.4. The second-order valence-electron chi connectivity index (χ2n) is 5.90. The summed E-state index contributed by atoms with van der Waals surface area (Å²) >= 11 is 6.17. The molecule has 0 fully saturated rings. The molecule has 0 spiro atoms. The van der Waals surface area contributed by atoms with Crippen LogP contribution in [-0.2, 0) is 6.54 Å². The summed E-state index contributed by atoms with van der Waals surface area (Å²) in [6, 6.07) is 13.1. The van der Waals surface area contributed by atoms with Crippen molar-refractivity contribution < 1.29 is 9.53 Å². The van der Waals surface area contributed by atoms with Gasteiger partial charge in [-0.05, 0) is 49.2 Å². The Labute approximate surface area is 156 Å². The summed E-state index contributed by atoms with van der Waals surface area (Å²) in [6.07, 6.45) is 0. The molecule has 0 aliphatic carbocycles. The highest BCUT2D eigenvalue weighted by molar-refractivity contribution is 6.31. The molecule has 1 aromatic heterocycles. The molecule has 0 atom stereocenters. The van der Waals surface area contributed by atoms with Crippen LogP contribution in [0.1, 0.15) is 27.3 Å². The van der Waals surface area contributed by atoms with E-state index in [2.05, 4.69) is 15.6 Å². The predicted octanol–water partition coefficient (Wildman–Crippen LogP) is 3.48. The van der Waals surface area contributed by atoms with Gasteiger partial charge >= 0.3 is 0 Å². The molecule has 26 heavy (non-hydrogen) atoms. The van der Waals surface area contributed by atoms with Crippen LogP contribution in [0.2, 0.25) is 5.02 Å². The molecule has 3 aromatic rings. The topological polar surface area (TPSA) is 69.0 Å². The lowest BCUT2D eigenvalue weighted by Gasteiger charge is -2.07. The minimum absolute atomic E-state index is 0.275. The number of carbonyl (C=O) groups excluding carboxylic acids is 1. The Kier molecular flexibility index (Phi) is 5.23. The normalized spacial score (nSPS) is 10.6. The number of nitrogens with one attached hydrogen (secondary N) is 1. The molecule has 0 bridgehead atoms. The molecule has 0 saturated heterocycles. The van der Waals surface area contributed by atoms with Crippen molar-refractivity contribution >= 4 is 17.5 Å². The van der Waals surface area contributed by atoms with E-state index in [1.165, 1.54) is 0 Å². The van der Waals surface area contributed by atoms with Crippen LogP contribution >= 0.6 is 11.6 Å². The van der Waals surface area contributed by atoms with Gasteiger partial charge in [-0.2, -0.15) is 0 Å². The van der Waals surface area contributed by atoms with Gasteiger partial charge in [-0.3, -0.25) is 4.79 Å². The third kappa shape index (κ3) is 3.70. The smallest absolute Gasteiger partial charge is 0.274 e. The highest BCUT2D eigenvalue weighted by Gasteiger charge is 2.17. The average molecular weight is 371 g/mol. The Morgan fingerprint density at radius 1 is 1.19 bits per heavy atom. The third-order valence-electron chi connectivity index (χ3n) is 4.12. The van der Waals surface area contributed by atoms with E-state index in [0.29, 0.717) is 17.3 Å². The first-order valence-corrected chi connectivity index (χ1v) is 8.47. The summed E-state index contributed by atoms with van der Waals surface area (Å²) in [6.45, 7) is 4.12. The Morgan fingerprint density at radius 3 is 2.58 bits per heavy atom. The molecule has 3 rings (SSSR count). The first kappa shape index (κ1) is 17.9. The lowest BCUT2D eigenvalue weighted by atomic mass is 10.2. The van der Waals surface area contributed by atoms with E-state index >= 15 is 0 Å². The lowest BCUT2D eigenvalue weighted by Crippen LogP contribution is -2.24. The van der Waals surface area contributed by atoms with Gasteiger partial charge in [0.1, 0.15) is 5.75 Å². The lowest BCUT2D eigenvalue weighted by molar-refractivity contribution is 0.0945. The largest absolute Gasteiger partial charge is 0.497 e. The van der Waals surface area contributed by atoms with Crippen LogP contribution in [0, 0.1) is 13.8 Å². The fourth-order valence-corrected chi connectivity index (χ4v) is 2.68. The van der Waals surface area contributed by atoms with Crippen LogP contribution in [0.3, 0.4) is 0 Å². The zero-order valence-electron chi connectivity index (χ0n) is 14.8. The van der Waals surface area contributed by atoms with Gasteiger partial charge in [-0.15, -0.1) is 5.10 Å². The second-order valence-corrected chi connectivity index (χ2v) is 6.31. The van der Waals surface area contributed by atoms with Gasteiger partial charge in [0.05, 0.1) is 18.5 Å². The van der Waals surface area contributed by atoms with Crippen LogP contribution in [0.4, 0.5) is 0 Å². The van der Waals surface area contributed by atoms with Crippen molar-refractivity contribution in [1.29, 1.82) is 0 Å². The highest BCUT2D eigenvalue weighted by atomic mass is 35.5. The molecule has 0 aliphatic rings. The van der Waals surface area contributed by atoms with E-state index in [9.17, 15) is 4.79 Å². The molecule has 1 amide bonds. The number of ether oxygens (including phenoxy) is 1. The molecule has 134 valence electrons. The number of hydrogen-bond acceptors (Lipinski definition) is 4. The van der Waals surface area contributed by atoms with Crippen LogP contribution in [-0.4, -0.2) is 28.0 Å². The Bertz CT molecular complexity index is 935. The fourth-order valence-electron chi connectivity index (χ4n) is 2.51. The van der Waals surface area contributed by atoms with E-state index in [-0.39, 0.29) is 11.6 Å². The van der Waals surface area contributed by atoms with Crippen molar-refractivity contribution in [2.45, 2.75) is 20.4 Å². The van der Waals surface area contributed by atoms with Crippen LogP contribution < -0.4 is 10.1 Å². The molecule has 0 radical (unpaired) electrons. The van der Waals surface area contributed by atoms with Crippen molar-refractivity contribution in [1.82, 2.24) is 20.3 Å². The van der Waals surface area contributed by atoms with Gasteiger partial charge in [0.25, 0.3) is 5.91 Å². The quantitative estimate of drug-likeness (QED) is 0.746. The molecular weight excluding hydrogens is 352 g/mol. The maximum atomic E-state index is 12.4. The maximum Gasteiger partial charge on any atom is 0.274 e. The molecule has 1 N–H and O–H groups in total. The second kappa shape index (κ2) is 7.58. The number of amides is 1. The average Bonchev–Trinajstić information content (AvgIpc) is 3.04. The molecule has 7 heteroatoms. The summed E-state index contributed by atoms with van der Waals surface area (Å²) < 4.78 is 6.73. The first-order valence-electron chi connectivity index (χ1n) is 8.09. The molecule has 2 aromatic carbocycles. The standard InChI is InChI=1S/C19H19ClN4O2/c1-12-4-7-15(10-17(12)20)24-13(2)18(22-23-24)19(25)21-11-14-5-8-16(26-3)9-6-14/h4-10H,11H2,1-3H3,(H,21,25). The van der Waals surface area contributed by atoms with Gasteiger partial charge < -0.3 is 10.1 Å².